The molecule has 0 fully saturated rings. The fraction of sp³-hybridized carbons (Fsp3) is 0.318. The van der Waals surface area contributed by atoms with Gasteiger partial charge in [0.15, 0.2) is 11.0 Å². The summed E-state index contributed by atoms with van der Waals surface area (Å²) in [7, 11) is 4.03. The molecule has 0 aliphatic carbocycles. The van der Waals surface area contributed by atoms with E-state index in [1.165, 1.54) is 11.8 Å². The molecule has 0 bridgehead atoms. The first-order valence-corrected chi connectivity index (χ1v) is 10.6. The molecule has 0 aliphatic rings. The minimum Gasteiger partial charge on any atom is -0.378 e. The lowest BCUT2D eigenvalue weighted by Crippen LogP contribution is -2.15. The molecule has 3 aromatic rings. The van der Waals surface area contributed by atoms with Gasteiger partial charge in [-0.3, -0.25) is 4.79 Å². The summed E-state index contributed by atoms with van der Waals surface area (Å²) in [5.41, 5.74) is 5.14. The van der Waals surface area contributed by atoms with Gasteiger partial charge in [0, 0.05) is 37.6 Å². The van der Waals surface area contributed by atoms with Crippen LogP contribution in [0.25, 0.3) is 11.4 Å². The molecular formula is C22H27N5OS. The Labute approximate surface area is 176 Å². The summed E-state index contributed by atoms with van der Waals surface area (Å²) in [5.74, 6) is 1.04. The third-order valence-corrected chi connectivity index (χ3v) is 5.62. The number of carbonyl (C=O) groups excluding carboxylic acids is 1. The van der Waals surface area contributed by atoms with Crippen LogP contribution in [0.5, 0.6) is 0 Å². The molecule has 7 heteroatoms. The van der Waals surface area contributed by atoms with Gasteiger partial charge in [0.1, 0.15) is 0 Å². The van der Waals surface area contributed by atoms with Gasteiger partial charge in [0.05, 0.1) is 5.75 Å². The number of aryl methyl sites for hydroxylation is 2. The topological polar surface area (TPSA) is 63.1 Å². The Kier molecular flexibility index (Phi) is 6.59. The SMILES string of the molecule is CCn1c(SCC(=O)Nc2cc(C)ccc2C)nnc1-c1cccc(N(C)C)c1. The first kappa shape index (κ1) is 20.9. The number of hydrogen-bond acceptors (Lipinski definition) is 5. The maximum absolute atomic E-state index is 12.5. The van der Waals surface area contributed by atoms with E-state index in [9.17, 15) is 4.79 Å². The van der Waals surface area contributed by atoms with Crippen molar-refractivity contribution >= 4 is 29.0 Å². The van der Waals surface area contributed by atoms with Crippen molar-refractivity contribution in [2.45, 2.75) is 32.5 Å². The van der Waals surface area contributed by atoms with E-state index < -0.39 is 0 Å². The molecule has 0 radical (unpaired) electrons. The zero-order chi connectivity index (χ0) is 21.0. The van der Waals surface area contributed by atoms with Gasteiger partial charge in [-0.15, -0.1) is 10.2 Å². The van der Waals surface area contributed by atoms with Crippen LogP contribution in [0.15, 0.2) is 47.6 Å². The normalized spacial score (nSPS) is 10.8. The zero-order valence-electron chi connectivity index (χ0n) is 17.6. The van der Waals surface area contributed by atoms with Crippen LogP contribution in [0.3, 0.4) is 0 Å². The molecule has 0 aliphatic heterocycles. The van der Waals surface area contributed by atoms with E-state index in [1.54, 1.807) is 0 Å². The Morgan fingerprint density at radius 1 is 1.14 bits per heavy atom. The number of hydrogen-bond donors (Lipinski definition) is 1. The first-order chi connectivity index (χ1) is 13.9. The highest BCUT2D eigenvalue weighted by atomic mass is 32.2. The molecule has 0 saturated heterocycles. The predicted octanol–water partition coefficient (Wildman–Crippen LogP) is 4.38. The number of amides is 1. The summed E-state index contributed by atoms with van der Waals surface area (Å²) >= 11 is 1.40. The van der Waals surface area contributed by atoms with E-state index in [2.05, 4.69) is 39.5 Å². The van der Waals surface area contributed by atoms with Gasteiger partial charge in [-0.05, 0) is 50.1 Å². The molecule has 152 valence electrons. The zero-order valence-corrected chi connectivity index (χ0v) is 18.4. The number of benzene rings is 2. The largest absolute Gasteiger partial charge is 0.378 e. The first-order valence-electron chi connectivity index (χ1n) is 9.60. The standard InChI is InChI=1S/C22H27N5OS/c1-6-27-21(17-8-7-9-18(13-17)26(4)5)24-25-22(27)29-14-20(28)23-19-12-15(2)10-11-16(19)3/h7-13H,6,14H2,1-5H3,(H,23,28). The number of rotatable bonds is 7. The molecule has 0 unspecified atom stereocenters. The van der Waals surface area contributed by atoms with Gasteiger partial charge in [-0.2, -0.15) is 0 Å². The molecule has 1 amide bonds. The number of carbonyl (C=O) groups is 1. The van der Waals surface area contributed by atoms with Crippen LogP contribution in [0, 0.1) is 13.8 Å². The molecule has 0 spiro atoms. The highest BCUT2D eigenvalue weighted by molar-refractivity contribution is 7.99. The van der Waals surface area contributed by atoms with Crippen molar-refractivity contribution in [3.63, 3.8) is 0 Å². The van der Waals surface area contributed by atoms with Crippen LogP contribution in [0.4, 0.5) is 11.4 Å². The summed E-state index contributed by atoms with van der Waals surface area (Å²) in [6.45, 7) is 6.79. The highest BCUT2D eigenvalue weighted by Crippen LogP contribution is 2.27. The predicted molar refractivity (Wildman–Crippen MR) is 121 cm³/mol. The third-order valence-electron chi connectivity index (χ3n) is 4.65. The van der Waals surface area contributed by atoms with Crippen molar-refractivity contribution in [3.8, 4) is 11.4 Å². The van der Waals surface area contributed by atoms with E-state index in [-0.39, 0.29) is 11.7 Å². The van der Waals surface area contributed by atoms with Crippen LogP contribution in [-0.4, -0.2) is 40.5 Å². The number of anilines is 2. The maximum atomic E-state index is 12.5. The summed E-state index contributed by atoms with van der Waals surface area (Å²) in [4.78, 5) is 14.5. The quantitative estimate of drug-likeness (QED) is 0.587. The lowest BCUT2D eigenvalue weighted by Gasteiger charge is -2.14. The van der Waals surface area contributed by atoms with Gasteiger partial charge >= 0.3 is 0 Å². The summed E-state index contributed by atoms with van der Waals surface area (Å²) in [6, 6.07) is 14.2. The van der Waals surface area contributed by atoms with E-state index in [0.29, 0.717) is 0 Å². The molecule has 2 aromatic carbocycles. The van der Waals surface area contributed by atoms with Crippen molar-refractivity contribution in [2.75, 3.05) is 30.1 Å². The minimum atomic E-state index is -0.0505. The fourth-order valence-corrected chi connectivity index (χ4v) is 3.81. The van der Waals surface area contributed by atoms with Crippen LogP contribution >= 0.6 is 11.8 Å². The van der Waals surface area contributed by atoms with Crippen LogP contribution in [-0.2, 0) is 11.3 Å². The van der Waals surface area contributed by atoms with Crippen LogP contribution in [0.2, 0.25) is 0 Å². The molecule has 0 atom stereocenters. The van der Waals surface area contributed by atoms with Gasteiger partial charge in [-0.25, -0.2) is 0 Å². The summed E-state index contributed by atoms with van der Waals surface area (Å²) < 4.78 is 2.05. The van der Waals surface area contributed by atoms with E-state index >= 15 is 0 Å². The average molecular weight is 410 g/mol. The van der Waals surface area contributed by atoms with Crippen molar-refractivity contribution < 1.29 is 4.79 Å². The Bertz CT molecular complexity index is 1010. The Morgan fingerprint density at radius 2 is 1.93 bits per heavy atom. The van der Waals surface area contributed by atoms with Crippen molar-refractivity contribution in [1.29, 1.82) is 0 Å². The minimum absolute atomic E-state index is 0.0505. The third kappa shape index (κ3) is 4.98. The van der Waals surface area contributed by atoms with Gasteiger partial charge in [0.2, 0.25) is 5.91 Å². The van der Waals surface area contributed by atoms with Crippen molar-refractivity contribution in [3.05, 3.63) is 53.6 Å². The molecule has 1 N–H and O–H groups in total. The van der Waals surface area contributed by atoms with E-state index in [4.69, 9.17) is 0 Å². The Morgan fingerprint density at radius 3 is 2.66 bits per heavy atom. The lowest BCUT2D eigenvalue weighted by atomic mass is 10.1. The number of nitrogens with zero attached hydrogens (tertiary/aromatic N) is 4. The lowest BCUT2D eigenvalue weighted by molar-refractivity contribution is -0.113. The number of thioether (sulfide) groups is 1. The van der Waals surface area contributed by atoms with Crippen molar-refractivity contribution in [2.24, 2.45) is 0 Å². The molecule has 1 aromatic heterocycles. The van der Waals surface area contributed by atoms with Crippen LogP contribution < -0.4 is 10.2 Å². The highest BCUT2D eigenvalue weighted by Gasteiger charge is 2.15. The van der Waals surface area contributed by atoms with Crippen LogP contribution in [0.1, 0.15) is 18.1 Å². The fourth-order valence-electron chi connectivity index (χ4n) is 3.00. The second-order valence-electron chi connectivity index (χ2n) is 7.15. The summed E-state index contributed by atoms with van der Waals surface area (Å²) in [5, 5.41) is 12.5. The second kappa shape index (κ2) is 9.13. The number of nitrogens with one attached hydrogen (secondary N) is 1. The van der Waals surface area contributed by atoms with Gasteiger partial charge in [0.25, 0.3) is 0 Å². The number of aromatic nitrogens is 3. The average Bonchev–Trinajstić information content (AvgIpc) is 3.12. The molecule has 6 nitrogen and oxygen atoms in total. The Balaban J connectivity index is 1.73. The van der Waals surface area contributed by atoms with Gasteiger partial charge in [-0.1, -0.05) is 36.0 Å². The molecule has 0 saturated carbocycles. The van der Waals surface area contributed by atoms with Crippen molar-refractivity contribution in [1.82, 2.24) is 14.8 Å². The molecule has 29 heavy (non-hydrogen) atoms. The molecule has 1 heterocycles. The monoisotopic (exact) mass is 409 g/mol. The summed E-state index contributed by atoms with van der Waals surface area (Å²) in [6.07, 6.45) is 0. The van der Waals surface area contributed by atoms with E-state index in [1.807, 2.05) is 62.8 Å². The maximum Gasteiger partial charge on any atom is 0.234 e. The van der Waals surface area contributed by atoms with E-state index in [0.717, 1.165) is 45.6 Å². The molecule has 3 rings (SSSR count). The van der Waals surface area contributed by atoms with Gasteiger partial charge < -0.3 is 14.8 Å². The smallest absolute Gasteiger partial charge is 0.234 e. The Hall–Kier alpha value is -2.80. The second-order valence-corrected chi connectivity index (χ2v) is 8.09. The molecular weight excluding hydrogens is 382 g/mol.